The van der Waals surface area contributed by atoms with Crippen LogP contribution in [-0.2, 0) is 14.8 Å². The van der Waals surface area contributed by atoms with Crippen LogP contribution in [0.15, 0.2) is 0 Å². The molecule has 0 amide bonds. The predicted molar refractivity (Wildman–Crippen MR) is 59.3 cm³/mol. The average molecular weight is 236 g/mol. The van der Waals surface area contributed by atoms with Gasteiger partial charge in [-0.25, -0.2) is 12.7 Å². The first-order valence-electron chi connectivity index (χ1n) is 5.17. The molecule has 1 fully saturated rings. The van der Waals surface area contributed by atoms with Gasteiger partial charge in [0.1, 0.15) is 0 Å². The van der Waals surface area contributed by atoms with E-state index in [9.17, 15) is 8.42 Å². The zero-order valence-electron chi connectivity index (χ0n) is 9.56. The standard InChI is InChI=1S/C9H20N2O3S/c1-8(14-3)7-15(12,13)11-5-4-9(6-11)10-2/h8-10H,4-7H2,1-3H3. The highest BCUT2D eigenvalue weighted by Gasteiger charge is 2.31. The second-order valence-corrected chi connectivity index (χ2v) is 5.97. The molecule has 0 aromatic rings. The molecule has 2 unspecified atom stereocenters. The van der Waals surface area contributed by atoms with E-state index >= 15 is 0 Å². The summed E-state index contributed by atoms with van der Waals surface area (Å²) >= 11 is 0. The second kappa shape index (κ2) is 5.25. The van der Waals surface area contributed by atoms with Crippen molar-refractivity contribution in [1.29, 1.82) is 0 Å². The first-order chi connectivity index (χ1) is 6.99. The molecule has 1 aliphatic rings. The molecule has 0 aliphatic carbocycles. The first-order valence-corrected chi connectivity index (χ1v) is 6.78. The van der Waals surface area contributed by atoms with Crippen molar-refractivity contribution in [3.63, 3.8) is 0 Å². The number of methoxy groups -OCH3 is 1. The van der Waals surface area contributed by atoms with Crippen LogP contribution in [0.2, 0.25) is 0 Å². The van der Waals surface area contributed by atoms with Crippen molar-refractivity contribution in [2.24, 2.45) is 0 Å². The molecule has 6 heteroatoms. The van der Waals surface area contributed by atoms with Crippen molar-refractivity contribution in [1.82, 2.24) is 9.62 Å². The number of nitrogens with zero attached hydrogens (tertiary/aromatic N) is 1. The highest BCUT2D eigenvalue weighted by atomic mass is 32.2. The summed E-state index contributed by atoms with van der Waals surface area (Å²) in [6.45, 7) is 2.96. The van der Waals surface area contributed by atoms with E-state index in [4.69, 9.17) is 4.74 Å². The van der Waals surface area contributed by atoms with Crippen LogP contribution in [0.3, 0.4) is 0 Å². The lowest BCUT2D eigenvalue weighted by atomic mass is 10.3. The molecule has 1 saturated heterocycles. The first kappa shape index (κ1) is 12.9. The van der Waals surface area contributed by atoms with E-state index in [1.165, 1.54) is 7.11 Å². The molecule has 0 bridgehead atoms. The molecule has 0 aromatic carbocycles. The van der Waals surface area contributed by atoms with Gasteiger partial charge in [-0.15, -0.1) is 0 Å². The Morgan fingerprint density at radius 2 is 2.27 bits per heavy atom. The molecule has 5 nitrogen and oxygen atoms in total. The van der Waals surface area contributed by atoms with Gasteiger partial charge in [0.2, 0.25) is 10.0 Å². The van der Waals surface area contributed by atoms with Gasteiger partial charge in [0.25, 0.3) is 0 Å². The largest absolute Gasteiger partial charge is 0.381 e. The third-order valence-electron chi connectivity index (χ3n) is 2.80. The quantitative estimate of drug-likeness (QED) is 0.708. The molecule has 1 heterocycles. The van der Waals surface area contributed by atoms with Crippen LogP contribution in [0.25, 0.3) is 0 Å². The van der Waals surface area contributed by atoms with Crippen molar-refractivity contribution < 1.29 is 13.2 Å². The molecule has 1 N–H and O–H groups in total. The van der Waals surface area contributed by atoms with Crippen LogP contribution < -0.4 is 5.32 Å². The fourth-order valence-electron chi connectivity index (χ4n) is 1.69. The fraction of sp³-hybridized carbons (Fsp3) is 1.00. The Morgan fingerprint density at radius 1 is 1.60 bits per heavy atom. The topological polar surface area (TPSA) is 58.6 Å². The Balaban J connectivity index is 2.56. The average Bonchev–Trinajstić information content (AvgIpc) is 2.65. The number of hydrogen-bond donors (Lipinski definition) is 1. The summed E-state index contributed by atoms with van der Waals surface area (Å²) in [6, 6.07) is 0.289. The van der Waals surface area contributed by atoms with Crippen molar-refractivity contribution in [3.05, 3.63) is 0 Å². The van der Waals surface area contributed by atoms with Gasteiger partial charge in [-0.1, -0.05) is 0 Å². The third-order valence-corrected chi connectivity index (χ3v) is 4.81. The van der Waals surface area contributed by atoms with Crippen molar-refractivity contribution >= 4 is 10.0 Å². The second-order valence-electron chi connectivity index (χ2n) is 3.96. The van der Waals surface area contributed by atoms with E-state index in [2.05, 4.69) is 5.32 Å². The van der Waals surface area contributed by atoms with Crippen molar-refractivity contribution in [2.75, 3.05) is 33.0 Å². The minimum atomic E-state index is -3.15. The van der Waals surface area contributed by atoms with Crippen molar-refractivity contribution in [3.8, 4) is 0 Å². The Bertz CT molecular complexity index is 292. The summed E-state index contributed by atoms with van der Waals surface area (Å²) in [6.07, 6.45) is 0.639. The Hall–Kier alpha value is -0.170. The zero-order chi connectivity index (χ0) is 11.5. The van der Waals surface area contributed by atoms with Crippen LogP contribution in [-0.4, -0.2) is 57.9 Å². The summed E-state index contributed by atoms with van der Waals surface area (Å²) in [4.78, 5) is 0. The van der Waals surface area contributed by atoms with Crippen LogP contribution >= 0.6 is 0 Å². The fourth-order valence-corrected chi connectivity index (χ4v) is 3.42. The minimum Gasteiger partial charge on any atom is -0.381 e. The van der Waals surface area contributed by atoms with Gasteiger partial charge in [-0.2, -0.15) is 0 Å². The molecule has 15 heavy (non-hydrogen) atoms. The lowest BCUT2D eigenvalue weighted by Gasteiger charge is -2.18. The Morgan fingerprint density at radius 3 is 2.73 bits per heavy atom. The lowest BCUT2D eigenvalue weighted by molar-refractivity contribution is 0.135. The number of nitrogens with one attached hydrogen (secondary N) is 1. The van der Waals surface area contributed by atoms with Gasteiger partial charge in [-0.05, 0) is 20.4 Å². The van der Waals surface area contributed by atoms with Gasteiger partial charge in [0.15, 0.2) is 0 Å². The van der Waals surface area contributed by atoms with E-state index in [0.717, 1.165) is 6.42 Å². The number of hydrogen-bond acceptors (Lipinski definition) is 4. The predicted octanol–water partition coefficient (Wildman–Crippen LogP) is -0.355. The Kier molecular flexibility index (Phi) is 4.51. The summed E-state index contributed by atoms with van der Waals surface area (Å²) in [5.74, 6) is 0.0694. The third kappa shape index (κ3) is 3.41. The highest BCUT2D eigenvalue weighted by molar-refractivity contribution is 7.89. The van der Waals surface area contributed by atoms with Gasteiger partial charge in [-0.3, -0.25) is 0 Å². The maximum Gasteiger partial charge on any atom is 0.216 e. The highest BCUT2D eigenvalue weighted by Crippen LogP contribution is 2.14. The maximum atomic E-state index is 11.9. The summed E-state index contributed by atoms with van der Waals surface area (Å²) in [7, 11) is 0.242. The molecule has 1 rings (SSSR count). The number of rotatable bonds is 5. The van der Waals surface area contributed by atoms with Crippen LogP contribution in [0.5, 0.6) is 0 Å². The van der Waals surface area contributed by atoms with Gasteiger partial charge in [0, 0.05) is 26.2 Å². The molecule has 90 valence electrons. The van der Waals surface area contributed by atoms with E-state index in [1.54, 1.807) is 11.2 Å². The van der Waals surface area contributed by atoms with E-state index in [0.29, 0.717) is 13.1 Å². The molecule has 1 aliphatic heterocycles. The molecular weight excluding hydrogens is 216 g/mol. The smallest absolute Gasteiger partial charge is 0.216 e. The molecular formula is C9H20N2O3S. The van der Waals surface area contributed by atoms with Gasteiger partial charge >= 0.3 is 0 Å². The summed E-state index contributed by atoms with van der Waals surface area (Å²) in [5.41, 5.74) is 0. The van der Waals surface area contributed by atoms with Crippen molar-refractivity contribution in [2.45, 2.75) is 25.5 Å². The zero-order valence-corrected chi connectivity index (χ0v) is 10.4. The number of ether oxygens (including phenoxy) is 1. The van der Waals surface area contributed by atoms with E-state index < -0.39 is 10.0 Å². The normalized spacial score (nSPS) is 25.7. The minimum absolute atomic E-state index is 0.0694. The number of likely N-dealkylation sites (N-methyl/N-ethyl adjacent to an activating group) is 1. The lowest BCUT2D eigenvalue weighted by Crippen LogP contribution is -2.37. The molecule has 0 aromatic heterocycles. The number of sulfonamides is 1. The maximum absolute atomic E-state index is 11.9. The van der Waals surface area contributed by atoms with E-state index in [1.807, 2.05) is 7.05 Å². The van der Waals surface area contributed by atoms with Crippen LogP contribution in [0.4, 0.5) is 0 Å². The van der Waals surface area contributed by atoms with Gasteiger partial charge < -0.3 is 10.1 Å². The molecule has 2 atom stereocenters. The monoisotopic (exact) mass is 236 g/mol. The molecule has 0 radical (unpaired) electrons. The van der Waals surface area contributed by atoms with E-state index in [-0.39, 0.29) is 17.9 Å². The van der Waals surface area contributed by atoms with Crippen LogP contribution in [0, 0.1) is 0 Å². The van der Waals surface area contributed by atoms with Gasteiger partial charge in [0.05, 0.1) is 11.9 Å². The van der Waals surface area contributed by atoms with Crippen LogP contribution in [0.1, 0.15) is 13.3 Å². The summed E-state index contributed by atoms with van der Waals surface area (Å²) in [5, 5.41) is 3.10. The SMILES string of the molecule is CNC1CCN(S(=O)(=O)CC(C)OC)C1. The Labute approximate surface area is 91.8 Å². The summed E-state index contributed by atoms with van der Waals surface area (Å²) < 4.78 is 30.3. The molecule has 0 spiro atoms. The molecule has 0 saturated carbocycles.